The summed E-state index contributed by atoms with van der Waals surface area (Å²) in [5.74, 6) is 2.44. The third-order valence-electron chi connectivity index (χ3n) is 4.08. The molecule has 0 saturated carbocycles. The van der Waals surface area contributed by atoms with Crippen LogP contribution in [0.3, 0.4) is 0 Å². The summed E-state index contributed by atoms with van der Waals surface area (Å²) in [4.78, 5) is 11.2. The van der Waals surface area contributed by atoms with Gasteiger partial charge in [0.1, 0.15) is 11.5 Å². The molecule has 0 radical (unpaired) electrons. The lowest BCUT2D eigenvalue weighted by atomic mass is 10.0. The molecular weight excluding hydrogens is 278 g/mol. The second-order valence-corrected chi connectivity index (χ2v) is 5.52. The number of nitrogens with zero attached hydrogens (tertiary/aromatic N) is 3. The predicted octanol–water partition coefficient (Wildman–Crippen LogP) is 3.14. The van der Waals surface area contributed by atoms with Crippen LogP contribution in [0.15, 0.2) is 30.6 Å². The van der Waals surface area contributed by atoms with Crippen molar-refractivity contribution in [3.63, 3.8) is 0 Å². The zero-order valence-corrected chi connectivity index (χ0v) is 13.2. The van der Waals surface area contributed by atoms with Gasteiger partial charge < -0.3 is 14.4 Å². The number of methoxy groups -OCH3 is 2. The predicted molar refractivity (Wildman–Crippen MR) is 85.6 cm³/mol. The first kappa shape index (κ1) is 14.6. The molecule has 1 saturated heterocycles. The summed E-state index contributed by atoms with van der Waals surface area (Å²) < 4.78 is 10.8. The number of hydrogen-bond acceptors (Lipinski definition) is 5. The Bertz CT molecular complexity index is 643. The minimum absolute atomic E-state index is 0.239. The van der Waals surface area contributed by atoms with Gasteiger partial charge in [0.25, 0.3) is 0 Å². The molecule has 5 heteroatoms. The Balaban J connectivity index is 1.94. The lowest BCUT2D eigenvalue weighted by molar-refractivity contribution is 0.388. The molecule has 22 heavy (non-hydrogen) atoms. The Labute approximate surface area is 130 Å². The lowest BCUT2D eigenvalue weighted by Gasteiger charge is -2.26. The minimum Gasteiger partial charge on any atom is -0.497 e. The molecule has 1 aromatic heterocycles. The molecule has 0 N–H and O–H groups in total. The van der Waals surface area contributed by atoms with E-state index in [1.54, 1.807) is 14.2 Å². The molecule has 3 rings (SSSR count). The normalized spacial score (nSPS) is 17.6. The summed E-state index contributed by atoms with van der Waals surface area (Å²) in [6.45, 7) is 2.96. The van der Waals surface area contributed by atoms with Gasteiger partial charge in [-0.15, -0.1) is 0 Å². The molecule has 1 unspecified atom stereocenters. The van der Waals surface area contributed by atoms with Crippen LogP contribution in [0.4, 0.5) is 5.95 Å². The topological polar surface area (TPSA) is 47.5 Å². The Hall–Kier alpha value is -2.30. The number of benzene rings is 1. The molecule has 116 valence electrons. The summed E-state index contributed by atoms with van der Waals surface area (Å²) in [5, 5.41) is 0. The van der Waals surface area contributed by atoms with Crippen molar-refractivity contribution in [2.75, 3.05) is 25.7 Å². The van der Waals surface area contributed by atoms with Crippen molar-refractivity contribution in [1.29, 1.82) is 0 Å². The first-order valence-corrected chi connectivity index (χ1v) is 7.50. The molecule has 0 aliphatic carbocycles. The summed E-state index contributed by atoms with van der Waals surface area (Å²) in [5.41, 5.74) is 2.23. The molecule has 1 atom stereocenters. The van der Waals surface area contributed by atoms with Gasteiger partial charge in [0.2, 0.25) is 5.95 Å². The van der Waals surface area contributed by atoms with E-state index in [0.29, 0.717) is 0 Å². The quantitative estimate of drug-likeness (QED) is 0.868. The van der Waals surface area contributed by atoms with Crippen LogP contribution in [0.5, 0.6) is 11.5 Å². The van der Waals surface area contributed by atoms with Crippen molar-refractivity contribution in [1.82, 2.24) is 9.97 Å². The van der Waals surface area contributed by atoms with Crippen LogP contribution in [-0.4, -0.2) is 30.7 Å². The van der Waals surface area contributed by atoms with E-state index in [9.17, 15) is 0 Å². The fraction of sp³-hybridized carbons (Fsp3) is 0.412. The highest BCUT2D eigenvalue weighted by atomic mass is 16.5. The second kappa shape index (κ2) is 6.22. The number of hydrogen-bond donors (Lipinski definition) is 0. The van der Waals surface area contributed by atoms with E-state index >= 15 is 0 Å². The Morgan fingerprint density at radius 3 is 2.59 bits per heavy atom. The fourth-order valence-corrected chi connectivity index (χ4v) is 2.96. The SMILES string of the molecule is COc1ccc(C2CCCN2c2ncc(C)cn2)c(OC)c1. The van der Waals surface area contributed by atoms with Gasteiger partial charge >= 0.3 is 0 Å². The molecule has 0 amide bonds. The number of ether oxygens (including phenoxy) is 2. The van der Waals surface area contributed by atoms with E-state index in [1.165, 1.54) is 0 Å². The zero-order chi connectivity index (χ0) is 15.5. The maximum atomic E-state index is 5.56. The van der Waals surface area contributed by atoms with Gasteiger partial charge in [-0.05, 0) is 37.5 Å². The van der Waals surface area contributed by atoms with Gasteiger partial charge in [-0.25, -0.2) is 9.97 Å². The first-order valence-electron chi connectivity index (χ1n) is 7.50. The number of rotatable bonds is 4. The van der Waals surface area contributed by atoms with Gasteiger partial charge in [-0.1, -0.05) is 0 Å². The summed E-state index contributed by atoms with van der Waals surface area (Å²) in [6.07, 6.45) is 5.92. The van der Waals surface area contributed by atoms with Crippen LogP contribution in [0.1, 0.15) is 30.0 Å². The first-order chi connectivity index (χ1) is 10.7. The molecule has 1 aliphatic heterocycles. The van der Waals surface area contributed by atoms with Crippen molar-refractivity contribution in [3.05, 3.63) is 41.7 Å². The molecule has 1 fully saturated rings. The van der Waals surface area contributed by atoms with Gasteiger partial charge in [0.15, 0.2) is 0 Å². The molecule has 1 aromatic carbocycles. The minimum atomic E-state index is 0.239. The Morgan fingerprint density at radius 2 is 1.91 bits per heavy atom. The van der Waals surface area contributed by atoms with E-state index in [1.807, 2.05) is 31.5 Å². The number of aromatic nitrogens is 2. The van der Waals surface area contributed by atoms with Gasteiger partial charge in [-0.3, -0.25) is 0 Å². The maximum Gasteiger partial charge on any atom is 0.225 e. The summed E-state index contributed by atoms with van der Waals surface area (Å²) in [6, 6.07) is 6.23. The van der Waals surface area contributed by atoms with Crippen LogP contribution < -0.4 is 14.4 Å². The van der Waals surface area contributed by atoms with Crippen molar-refractivity contribution in [2.45, 2.75) is 25.8 Å². The third-order valence-corrected chi connectivity index (χ3v) is 4.08. The Kier molecular flexibility index (Phi) is 4.13. The van der Waals surface area contributed by atoms with Crippen molar-refractivity contribution in [2.24, 2.45) is 0 Å². The van der Waals surface area contributed by atoms with Crippen molar-refractivity contribution in [3.8, 4) is 11.5 Å². The van der Waals surface area contributed by atoms with Crippen LogP contribution in [0, 0.1) is 6.92 Å². The van der Waals surface area contributed by atoms with Crippen LogP contribution in [0.25, 0.3) is 0 Å². The zero-order valence-electron chi connectivity index (χ0n) is 13.2. The molecule has 2 aromatic rings. The number of aryl methyl sites for hydroxylation is 1. The van der Waals surface area contributed by atoms with E-state index in [-0.39, 0.29) is 6.04 Å². The monoisotopic (exact) mass is 299 g/mol. The average Bonchev–Trinajstić information content (AvgIpc) is 3.04. The molecule has 2 heterocycles. The second-order valence-electron chi connectivity index (χ2n) is 5.52. The fourth-order valence-electron chi connectivity index (χ4n) is 2.96. The van der Waals surface area contributed by atoms with E-state index < -0.39 is 0 Å². The molecule has 5 nitrogen and oxygen atoms in total. The summed E-state index contributed by atoms with van der Waals surface area (Å²) >= 11 is 0. The van der Waals surface area contributed by atoms with Crippen LogP contribution in [0.2, 0.25) is 0 Å². The highest BCUT2D eigenvalue weighted by molar-refractivity contribution is 5.47. The van der Waals surface area contributed by atoms with Crippen LogP contribution in [-0.2, 0) is 0 Å². The van der Waals surface area contributed by atoms with E-state index in [0.717, 1.165) is 48.0 Å². The van der Waals surface area contributed by atoms with Crippen molar-refractivity contribution >= 4 is 5.95 Å². The smallest absolute Gasteiger partial charge is 0.225 e. The van der Waals surface area contributed by atoms with E-state index in [4.69, 9.17) is 9.47 Å². The highest BCUT2D eigenvalue weighted by Gasteiger charge is 2.30. The molecule has 0 spiro atoms. The average molecular weight is 299 g/mol. The number of anilines is 1. The van der Waals surface area contributed by atoms with Crippen molar-refractivity contribution < 1.29 is 9.47 Å². The van der Waals surface area contributed by atoms with Gasteiger partial charge in [0.05, 0.1) is 20.3 Å². The Morgan fingerprint density at radius 1 is 1.14 bits per heavy atom. The lowest BCUT2D eigenvalue weighted by Crippen LogP contribution is -2.25. The third kappa shape index (κ3) is 2.71. The van der Waals surface area contributed by atoms with Gasteiger partial charge in [-0.2, -0.15) is 0 Å². The maximum absolute atomic E-state index is 5.56. The molecular formula is C17H21N3O2. The molecule has 0 bridgehead atoms. The van der Waals surface area contributed by atoms with Crippen LogP contribution >= 0.6 is 0 Å². The summed E-state index contributed by atoms with van der Waals surface area (Å²) in [7, 11) is 3.36. The largest absolute Gasteiger partial charge is 0.497 e. The standard InChI is InChI=1S/C17H21N3O2/c1-12-10-18-17(19-11-12)20-8-4-5-15(20)14-7-6-13(21-2)9-16(14)22-3/h6-7,9-11,15H,4-5,8H2,1-3H3. The van der Waals surface area contributed by atoms with E-state index in [2.05, 4.69) is 20.9 Å². The van der Waals surface area contributed by atoms with Gasteiger partial charge in [0, 0.05) is 30.6 Å². The highest BCUT2D eigenvalue weighted by Crippen LogP contribution is 2.39. The molecule has 1 aliphatic rings.